The van der Waals surface area contributed by atoms with E-state index in [4.69, 9.17) is 4.74 Å². The molecule has 1 aliphatic rings. The molecule has 6 heteroatoms. The zero-order valence-electron chi connectivity index (χ0n) is 17.9. The molecular formula is C24H34N2O3S. The molecular weight excluding hydrogens is 396 g/mol. The highest BCUT2D eigenvalue weighted by Crippen LogP contribution is 2.22. The molecule has 1 N–H and O–H groups in total. The second-order valence-electron chi connectivity index (χ2n) is 8.06. The highest BCUT2D eigenvalue weighted by molar-refractivity contribution is 7.89. The molecule has 164 valence electrons. The van der Waals surface area contributed by atoms with E-state index in [2.05, 4.69) is 40.8 Å². The molecule has 1 saturated heterocycles. The number of likely N-dealkylation sites (tertiary alicyclic amines) is 1. The minimum absolute atomic E-state index is 0.294. The highest BCUT2D eigenvalue weighted by Gasteiger charge is 2.20. The smallest absolute Gasteiger partial charge is 0.240 e. The third-order valence-corrected chi connectivity index (χ3v) is 7.18. The van der Waals surface area contributed by atoms with E-state index in [9.17, 15) is 8.42 Å². The lowest BCUT2D eigenvalue weighted by molar-refractivity contribution is 0.173. The van der Waals surface area contributed by atoms with Gasteiger partial charge in [-0.25, -0.2) is 13.1 Å². The predicted molar refractivity (Wildman–Crippen MR) is 121 cm³/mol. The standard InChI is InChI=1S/C24H34N2O3S/c1-2-3-19-29-23-9-11-24(12-10-23)30(27,28)25-16-13-21-14-17-26(18-15-21)20-22-7-5-4-6-8-22/h4-12,21,25H,2-3,13-20H2,1H3. The summed E-state index contributed by atoms with van der Waals surface area (Å²) in [4.78, 5) is 2.78. The lowest BCUT2D eigenvalue weighted by Crippen LogP contribution is -2.34. The van der Waals surface area contributed by atoms with Gasteiger partial charge in [-0.15, -0.1) is 0 Å². The number of nitrogens with one attached hydrogen (secondary N) is 1. The van der Waals surface area contributed by atoms with Gasteiger partial charge in [-0.2, -0.15) is 0 Å². The van der Waals surface area contributed by atoms with E-state index in [0.29, 0.717) is 29.7 Å². The first-order chi connectivity index (χ1) is 14.6. The molecule has 0 aliphatic carbocycles. The summed E-state index contributed by atoms with van der Waals surface area (Å²) in [6.45, 7) is 6.40. The molecule has 0 bridgehead atoms. The fraction of sp³-hybridized carbons (Fsp3) is 0.500. The van der Waals surface area contributed by atoms with Crippen molar-refractivity contribution in [3.63, 3.8) is 0 Å². The maximum Gasteiger partial charge on any atom is 0.240 e. The lowest BCUT2D eigenvalue weighted by atomic mass is 9.93. The van der Waals surface area contributed by atoms with Gasteiger partial charge in [0.15, 0.2) is 0 Å². The van der Waals surface area contributed by atoms with Crippen LogP contribution in [0.25, 0.3) is 0 Å². The Balaban J connectivity index is 1.38. The molecule has 0 amide bonds. The highest BCUT2D eigenvalue weighted by atomic mass is 32.2. The second kappa shape index (κ2) is 11.5. The van der Waals surface area contributed by atoms with Crippen LogP contribution in [-0.2, 0) is 16.6 Å². The van der Waals surface area contributed by atoms with Gasteiger partial charge in [0.2, 0.25) is 10.0 Å². The van der Waals surface area contributed by atoms with E-state index in [1.54, 1.807) is 24.3 Å². The Kier molecular flexibility index (Phi) is 8.73. The van der Waals surface area contributed by atoms with Crippen LogP contribution in [0.5, 0.6) is 5.75 Å². The number of benzene rings is 2. The van der Waals surface area contributed by atoms with Gasteiger partial charge in [-0.3, -0.25) is 4.90 Å². The molecule has 0 spiro atoms. The molecule has 30 heavy (non-hydrogen) atoms. The third-order valence-electron chi connectivity index (χ3n) is 5.70. The summed E-state index contributed by atoms with van der Waals surface area (Å²) in [6, 6.07) is 17.3. The Hall–Kier alpha value is -1.89. The minimum atomic E-state index is -3.47. The van der Waals surface area contributed by atoms with Crippen molar-refractivity contribution in [3.05, 3.63) is 60.2 Å². The van der Waals surface area contributed by atoms with Gasteiger partial charge in [0.1, 0.15) is 5.75 Å². The number of unbranched alkanes of at least 4 members (excludes halogenated alkanes) is 1. The van der Waals surface area contributed by atoms with Gasteiger partial charge in [-0.05, 0) is 74.5 Å². The van der Waals surface area contributed by atoms with Crippen molar-refractivity contribution in [2.24, 2.45) is 5.92 Å². The van der Waals surface area contributed by atoms with Gasteiger partial charge < -0.3 is 4.74 Å². The number of nitrogens with zero attached hydrogens (tertiary/aromatic N) is 1. The molecule has 3 rings (SSSR count). The number of piperidine rings is 1. The maximum atomic E-state index is 12.5. The van der Waals surface area contributed by atoms with E-state index in [1.165, 1.54) is 5.56 Å². The fourth-order valence-corrected chi connectivity index (χ4v) is 4.85. The van der Waals surface area contributed by atoms with Crippen LogP contribution in [0.2, 0.25) is 0 Å². The third kappa shape index (κ3) is 7.11. The molecule has 0 saturated carbocycles. The molecule has 0 radical (unpaired) electrons. The maximum absolute atomic E-state index is 12.5. The summed E-state index contributed by atoms with van der Waals surface area (Å²) in [5, 5.41) is 0. The largest absolute Gasteiger partial charge is 0.494 e. The van der Waals surface area contributed by atoms with Crippen molar-refractivity contribution in [2.75, 3.05) is 26.2 Å². The summed E-state index contributed by atoms with van der Waals surface area (Å²) in [5.41, 5.74) is 1.35. The number of sulfonamides is 1. The van der Waals surface area contributed by atoms with E-state index in [0.717, 1.165) is 51.7 Å². The first-order valence-corrected chi connectivity index (χ1v) is 12.5. The Morgan fingerprint density at radius 3 is 2.40 bits per heavy atom. The Morgan fingerprint density at radius 2 is 1.73 bits per heavy atom. The van der Waals surface area contributed by atoms with Crippen LogP contribution in [0.15, 0.2) is 59.5 Å². The zero-order valence-corrected chi connectivity index (χ0v) is 18.7. The Bertz CT molecular complexity index is 846. The fourth-order valence-electron chi connectivity index (χ4n) is 3.80. The lowest BCUT2D eigenvalue weighted by Gasteiger charge is -2.32. The van der Waals surface area contributed by atoms with Crippen molar-refractivity contribution in [1.82, 2.24) is 9.62 Å². The molecule has 1 aliphatic heterocycles. The normalized spacial score (nSPS) is 15.9. The van der Waals surface area contributed by atoms with Crippen LogP contribution in [0, 0.1) is 5.92 Å². The van der Waals surface area contributed by atoms with Crippen molar-refractivity contribution in [2.45, 2.75) is 50.5 Å². The van der Waals surface area contributed by atoms with Gasteiger partial charge in [0.05, 0.1) is 11.5 Å². The van der Waals surface area contributed by atoms with Gasteiger partial charge in [-0.1, -0.05) is 43.7 Å². The van der Waals surface area contributed by atoms with Crippen LogP contribution in [0.3, 0.4) is 0 Å². The van der Waals surface area contributed by atoms with Crippen LogP contribution >= 0.6 is 0 Å². The van der Waals surface area contributed by atoms with Gasteiger partial charge in [0, 0.05) is 13.1 Å². The summed E-state index contributed by atoms with van der Waals surface area (Å²) in [7, 11) is -3.47. The molecule has 0 unspecified atom stereocenters. The van der Waals surface area contributed by atoms with Gasteiger partial charge in [0.25, 0.3) is 0 Å². The first-order valence-electron chi connectivity index (χ1n) is 11.1. The van der Waals surface area contributed by atoms with Crippen LogP contribution in [0.4, 0.5) is 0 Å². The first kappa shape index (κ1) is 22.8. The average molecular weight is 431 g/mol. The SMILES string of the molecule is CCCCOc1ccc(S(=O)(=O)NCCC2CCN(Cc3ccccc3)CC2)cc1. The molecule has 1 heterocycles. The summed E-state index contributed by atoms with van der Waals surface area (Å²) in [6.07, 6.45) is 5.20. The minimum Gasteiger partial charge on any atom is -0.494 e. The molecule has 1 fully saturated rings. The quantitative estimate of drug-likeness (QED) is 0.535. The molecule has 0 aromatic heterocycles. The van der Waals surface area contributed by atoms with Crippen LogP contribution in [0.1, 0.15) is 44.6 Å². The summed E-state index contributed by atoms with van der Waals surface area (Å²) in [5.74, 6) is 1.29. The molecule has 5 nitrogen and oxygen atoms in total. The molecule has 2 aromatic carbocycles. The van der Waals surface area contributed by atoms with Gasteiger partial charge >= 0.3 is 0 Å². The molecule has 0 atom stereocenters. The van der Waals surface area contributed by atoms with E-state index in [-0.39, 0.29) is 0 Å². The monoisotopic (exact) mass is 430 g/mol. The number of rotatable bonds is 11. The second-order valence-corrected chi connectivity index (χ2v) is 9.83. The predicted octanol–water partition coefficient (Wildman–Crippen LogP) is 4.45. The number of hydrogen-bond donors (Lipinski definition) is 1. The Morgan fingerprint density at radius 1 is 1.03 bits per heavy atom. The number of ether oxygens (including phenoxy) is 1. The van der Waals surface area contributed by atoms with Crippen LogP contribution < -0.4 is 9.46 Å². The average Bonchev–Trinajstić information content (AvgIpc) is 2.76. The van der Waals surface area contributed by atoms with Crippen molar-refractivity contribution in [3.8, 4) is 5.75 Å². The number of hydrogen-bond acceptors (Lipinski definition) is 4. The molecule has 2 aromatic rings. The van der Waals surface area contributed by atoms with E-state index < -0.39 is 10.0 Å². The van der Waals surface area contributed by atoms with E-state index >= 15 is 0 Å². The summed E-state index contributed by atoms with van der Waals surface area (Å²) < 4.78 is 33.4. The Labute approximate surface area is 181 Å². The zero-order chi connectivity index (χ0) is 21.2. The van der Waals surface area contributed by atoms with Crippen molar-refractivity contribution in [1.29, 1.82) is 0 Å². The van der Waals surface area contributed by atoms with Crippen molar-refractivity contribution >= 4 is 10.0 Å². The van der Waals surface area contributed by atoms with E-state index in [1.807, 2.05) is 6.07 Å². The van der Waals surface area contributed by atoms with Crippen molar-refractivity contribution < 1.29 is 13.2 Å². The summed E-state index contributed by atoms with van der Waals surface area (Å²) >= 11 is 0. The topological polar surface area (TPSA) is 58.6 Å². The van der Waals surface area contributed by atoms with Crippen LogP contribution in [-0.4, -0.2) is 39.6 Å².